The van der Waals surface area contributed by atoms with Crippen LogP contribution >= 0.6 is 23.6 Å². The summed E-state index contributed by atoms with van der Waals surface area (Å²) in [6.07, 6.45) is 0. The fourth-order valence-corrected chi connectivity index (χ4v) is 2.46. The zero-order chi connectivity index (χ0) is 12.1. The summed E-state index contributed by atoms with van der Waals surface area (Å²) in [7, 11) is 0. The lowest BCUT2D eigenvalue weighted by Gasteiger charge is -2.09. The predicted molar refractivity (Wildman–Crippen MR) is 78.6 cm³/mol. The maximum absolute atomic E-state index is 5.22. The van der Waals surface area contributed by atoms with Crippen molar-refractivity contribution in [2.45, 2.75) is 13.5 Å². The van der Waals surface area contributed by atoms with Crippen LogP contribution in [0.15, 0.2) is 42.5 Å². The van der Waals surface area contributed by atoms with Crippen LogP contribution in [0, 0.1) is 6.92 Å². The molecule has 0 saturated carbocycles. The van der Waals surface area contributed by atoms with Crippen molar-refractivity contribution in [1.29, 1.82) is 0 Å². The molecule has 17 heavy (non-hydrogen) atoms. The van der Waals surface area contributed by atoms with Crippen LogP contribution in [0.25, 0.3) is 0 Å². The smallest absolute Gasteiger partial charge is 0.171 e. The Morgan fingerprint density at radius 1 is 1.18 bits per heavy atom. The van der Waals surface area contributed by atoms with Gasteiger partial charge in [-0.05, 0) is 43.4 Å². The van der Waals surface area contributed by atoms with Crippen molar-refractivity contribution in [2.24, 2.45) is 0 Å². The molecule has 88 valence electrons. The fraction of sp³-hybridized carbons (Fsp3) is 0.154. The Balaban J connectivity index is 1.82. The van der Waals surface area contributed by atoms with E-state index in [1.807, 2.05) is 30.3 Å². The highest BCUT2D eigenvalue weighted by molar-refractivity contribution is 7.80. The molecule has 0 aliphatic rings. The van der Waals surface area contributed by atoms with Crippen LogP contribution in [0.5, 0.6) is 0 Å². The Hall–Kier alpha value is -1.39. The zero-order valence-electron chi connectivity index (χ0n) is 9.57. The minimum absolute atomic E-state index is 0.655. The Kier molecular flexibility index (Phi) is 4.12. The van der Waals surface area contributed by atoms with Gasteiger partial charge in [-0.2, -0.15) is 0 Å². The second-order valence-electron chi connectivity index (χ2n) is 3.69. The summed E-state index contributed by atoms with van der Waals surface area (Å²) in [5, 5.41) is 6.99. The predicted octanol–water partition coefficient (Wildman–Crippen LogP) is 3.54. The van der Waals surface area contributed by atoms with Crippen molar-refractivity contribution in [2.75, 3.05) is 5.32 Å². The Morgan fingerprint density at radius 3 is 2.59 bits per heavy atom. The van der Waals surface area contributed by atoms with E-state index in [1.54, 1.807) is 11.3 Å². The van der Waals surface area contributed by atoms with Crippen molar-refractivity contribution in [3.63, 3.8) is 0 Å². The van der Waals surface area contributed by atoms with Crippen molar-refractivity contribution >= 4 is 34.4 Å². The van der Waals surface area contributed by atoms with Gasteiger partial charge >= 0.3 is 0 Å². The number of benzene rings is 1. The molecular formula is C13H14N2S2. The number of thiocarbonyl (C=S) groups is 1. The Labute approximate surface area is 111 Å². The third kappa shape index (κ3) is 3.84. The second-order valence-corrected chi connectivity index (χ2v) is 5.47. The molecule has 2 aromatic rings. The minimum atomic E-state index is 0.655. The average molecular weight is 262 g/mol. The molecule has 0 fully saturated rings. The average Bonchev–Trinajstić information content (AvgIpc) is 2.74. The van der Waals surface area contributed by atoms with Crippen molar-refractivity contribution in [1.82, 2.24) is 5.32 Å². The highest BCUT2D eigenvalue weighted by Crippen LogP contribution is 2.14. The molecule has 0 radical (unpaired) electrons. The van der Waals surface area contributed by atoms with Gasteiger partial charge in [-0.3, -0.25) is 0 Å². The van der Waals surface area contributed by atoms with Crippen LogP contribution < -0.4 is 10.6 Å². The lowest BCUT2D eigenvalue weighted by atomic mass is 10.3. The third-order valence-corrected chi connectivity index (χ3v) is 3.50. The van der Waals surface area contributed by atoms with E-state index in [9.17, 15) is 0 Å². The summed E-state index contributed by atoms with van der Waals surface area (Å²) in [5.41, 5.74) is 1.01. The van der Waals surface area contributed by atoms with Gasteiger partial charge in [-0.25, -0.2) is 0 Å². The lowest BCUT2D eigenvalue weighted by Crippen LogP contribution is -2.27. The van der Waals surface area contributed by atoms with Gasteiger partial charge in [-0.15, -0.1) is 11.3 Å². The molecule has 0 aliphatic heterocycles. The number of aryl methyl sites for hydroxylation is 1. The topological polar surface area (TPSA) is 24.1 Å². The Bertz CT molecular complexity index is 491. The van der Waals surface area contributed by atoms with Gasteiger partial charge in [0.05, 0.1) is 6.54 Å². The molecule has 0 bridgehead atoms. The van der Waals surface area contributed by atoms with E-state index in [0.717, 1.165) is 12.2 Å². The first-order valence-corrected chi connectivity index (χ1v) is 6.62. The second kappa shape index (κ2) is 5.80. The fourth-order valence-electron chi connectivity index (χ4n) is 1.44. The molecule has 0 spiro atoms. The zero-order valence-corrected chi connectivity index (χ0v) is 11.2. The van der Waals surface area contributed by atoms with Crippen LogP contribution in [0.2, 0.25) is 0 Å². The SMILES string of the molecule is Cc1ccc(CNC(=S)Nc2ccccc2)s1. The van der Waals surface area contributed by atoms with E-state index in [-0.39, 0.29) is 0 Å². The standard InChI is InChI=1S/C13H14N2S2/c1-10-7-8-12(17-10)9-14-13(16)15-11-5-3-2-4-6-11/h2-8H,9H2,1H3,(H2,14,15,16). The number of hydrogen-bond donors (Lipinski definition) is 2. The van der Waals surface area contributed by atoms with E-state index in [0.29, 0.717) is 5.11 Å². The number of nitrogens with one attached hydrogen (secondary N) is 2. The van der Waals surface area contributed by atoms with Crippen LogP contribution in [-0.4, -0.2) is 5.11 Å². The molecule has 0 atom stereocenters. The molecular weight excluding hydrogens is 248 g/mol. The Morgan fingerprint density at radius 2 is 1.94 bits per heavy atom. The first kappa shape index (κ1) is 12.1. The van der Waals surface area contributed by atoms with Crippen molar-refractivity contribution in [3.05, 3.63) is 52.2 Å². The highest BCUT2D eigenvalue weighted by atomic mass is 32.1. The van der Waals surface area contributed by atoms with Crippen LogP contribution in [0.4, 0.5) is 5.69 Å². The number of rotatable bonds is 3. The van der Waals surface area contributed by atoms with Gasteiger partial charge in [0, 0.05) is 15.4 Å². The number of hydrogen-bond acceptors (Lipinski definition) is 2. The number of para-hydroxylation sites is 1. The molecule has 2 rings (SSSR count). The normalized spacial score (nSPS) is 9.94. The molecule has 0 unspecified atom stereocenters. The van der Waals surface area contributed by atoms with Crippen LogP contribution in [0.3, 0.4) is 0 Å². The summed E-state index contributed by atoms with van der Waals surface area (Å²) < 4.78 is 0. The molecule has 2 N–H and O–H groups in total. The van der Waals surface area contributed by atoms with E-state index in [2.05, 4.69) is 29.7 Å². The molecule has 0 amide bonds. The monoisotopic (exact) mass is 262 g/mol. The maximum atomic E-state index is 5.22. The first-order valence-electron chi connectivity index (χ1n) is 5.39. The van der Waals surface area contributed by atoms with E-state index >= 15 is 0 Å². The van der Waals surface area contributed by atoms with Crippen molar-refractivity contribution < 1.29 is 0 Å². The van der Waals surface area contributed by atoms with Crippen LogP contribution in [-0.2, 0) is 6.54 Å². The molecule has 1 aromatic carbocycles. The molecule has 0 saturated heterocycles. The van der Waals surface area contributed by atoms with Gasteiger partial charge in [-0.1, -0.05) is 18.2 Å². The van der Waals surface area contributed by atoms with Gasteiger partial charge in [0.25, 0.3) is 0 Å². The number of thiophene rings is 1. The molecule has 1 aromatic heterocycles. The summed E-state index contributed by atoms with van der Waals surface area (Å²) in [4.78, 5) is 2.61. The van der Waals surface area contributed by atoms with Crippen LogP contribution in [0.1, 0.15) is 9.75 Å². The quantitative estimate of drug-likeness (QED) is 0.827. The van der Waals surface area contributed by atoms with Gasteiger partial charge in [0.2, 0.25) is 0 Å². The molecule has 0 aliphatic carbocycles. The lowest BCUT2D eigenvalue weighted by molar-refractivity contribution is 0.946. The summed E-state index contributed by atoms with van der Waals surface area (Å²) in [6.45, 7) is 2.88. The van der Waals surface area contributed by atoms with Gasteiger partial charge in [0.15, 0.2) is 5.11 Å². The van der Waals surface area contributed by atoms with Crippen molar-refractivity contribution in [3.8, 4) is 0 Å². The summed E-state index contributed by atoms with van der Waals surface area (Å²) in [5.74, 6) is 0. The molecule has 4 heteroatoms. The molecule has 2 nitrogen and oxygen atoms in total. The van der Waals surface area contributed by atoms with E-state index in [1.165, 1.54) is 9.75 Å². The largest absolute Gasteiger partial charge is 0.358 e. The van der Waals surface area contributed by atoms with E-state index in [4.69, 9.17) is 12.2 Å². The van der Waals surface area contributed by atoms with Gasteiger partial charge in [0.1, 0.15) is 0 Å². The summed E-state index contributed by atoms with van der Waals surface area (Å²) in [6, 6.07) is 14.2. The number of anilines is 1. The molecule has 1 heterocycles. The first-order chi connectivity index (χ1) is 8.24. The van der Waals surface area contributed by atoms with E-state index < -0.39 is 0 Å². The third-order valence-electron chi connectivity index (χ3n) is 2.25. The highest BCUT2D eigenvalue weighted by Gasteiger charge is 1.99. The van der Waals surface area contributed by atoms with Gasteiger partial charge < -0.3 is 10.6 Å². The maximum Gasteiger partial charge on any atom is 0.171 e. The minimum Gasteiger partial charge on any atom is -0.358 e. The summed E-state index contributed by atoms with van der Waals surface area (Å²) >= 11 is 7.01.